The van der Waals surface area contributed by atoms with E-state index in [1.54, 1.807) is 0 Å². The zero-order valence-corrected chi connectivity index (χ0v) is 13.4. The van der Waals surface area contributed by atoms with Crippen molar-refractivity contribution in [3.05, 3.63) is 65.5 Å². The Morgan fingerprint density at radius 3 is 2.32 bits per heavy atom. The first kappa shape index (κ1) is 13.8. The van der Waals surface area contributed by atoms with E-state index in [9.17, 15) is 0 Å². The van der Waals surface area contributed by atoms with Crippen LogP contribution in [0.4, 0.5) is 5.69 Å². The number of rotatable bonds is 3. The van der Waals surface area contributed by atoms with Crippen molar-refractivity contribution in [1.82, 2.24) is 4.90 Å². The maximum absolute atomic E-state index is 2.57. The van der Waals surface area contributed by atoms with Gasteiger partial charge in [-0.05, 0) is 29.7 Å². The summed E-state index contributed by atoms with van der Waals surface area (Å²) in [4.78, 5) is 6.54. The summed E-state index contributed by atoms with van der Waals surface area (Å²) in [6.45, 7) is 5.61. The highest BCUT2D eigenvalue weighted by Gasteiger charge is 2.17. The van der Waals surface area contributed by atoms with E-state index in [1.807, 2.05) is 11.3 Å². The highest BCUT2D eigenvalue weighted by atomic mass is 32.1. The molecular formula is C19H20N2S. The average molecular weight is 308 g/mol. The molecular weight excluding hydrogens is 288 g/mol. The minimum atomic E-state index is 1.09. The van der Waals surface area contributed by atoms with Gasteiger partial charge in [0.1, 0.15) is 0 Å². The molecule has 1 saturated heterocycles. The minimum absolute atomic E-state index is 1.09. The average Bonchev–Trinajstić information content (AvgIpc) is 2.98. The summed E-state index contributed by atoms with van der Waals surface area (Å²) in [7, 11) is 0. The molecule has 1 aromatic heterocycles. The van der Waals surface area contributed by atoms with Crippen LogP contribution in [0.15, 0.2) is 60.7 Å². The molecule has 0 spiro atoms. The Morgan fingerprint density at radius 1 is 0.818 bits per heavy atom. The van der Waals surface area contributed by atoms with Gasteiger partial charge in [0, 0.05) is 48.0 Å². The molecule has 1 fully saturated rings. The van der Waals surface area contributed by atoms with Crippen molar-refractivity contribution in [2.75, 3.05) is 31.1 Å². The van der Waals surface area contributed by atoms with Crippen molar-refractivity contribution < 1.29 is 0 Å². The number of para-hydroxylation sites is 1. The third kappa shape index (κ3) is 2.87. The lowest BCUT2D eigenvalue weighted by molar-refractivity contribution is 0.252. The van der Waals surface area contributed by atoms with Crippen LogP contribution in [0, 0.1) is 0 Å². The highest BCUT2D eigenvalue weighted by Crippen LogP contribution is 2.26. The van der Waals surface area contributed by atoms with Crippen LogP contribution >= 0.6 is 11.3 Å². The van der Waals surface area contributed by atoms with Crippen LogP contribution in [0.2, 0.25) is 0 Å². The van der Waals surface area contributed by atoms with E-state index in [1.165, 1.54) is 20.7 Å². The molecule has 22 heavy (non-hydrogen) atoms. The van der Waals surface area contributed by atoms with E-state index in [-0.39, 0.29) is 0 Å². The highest BCUT2D eigenvalue weighted by molar-refractivity contribution is 7.19. The summed E-state index contributed by atoms with van der Waals surface area (Å²) in [6, 6.07) is 21.8. The van der Waals surface area contributed by atoms with Gasteiger partial charge in [-0.25, -0.2) is 0 Å². The molecule has 0 radical (unpaired) electrons. The fourth-order valence-corrected chi connectivity index (χ4v) is 4.25. The quantitative estimate of drug-likeness (QED) is 0.714. The van der Waals surface area contributed by atoms with Gasteiger partial charge < -0.3 is 4.90 Å². The number of hydrogen-bond acceptors (Lipinski definition) is 3. The van der Waals surface area contributed by atoms with Gasteiger partial charge in [0.05, 0.1) is 0 Å². The van der Waals surface area contributed by atoms with Gasteiger partial charge in [-0.15, -0.1) is 11.3 Å². The topological polar surface area (TPSA) is 6.48 Å². The first-order valence-electron chi connectivity index (χ1n) is 7.88. The Kier molecular flexibility index (Phi) is 3.83. The fourth-order valence-electron chi connectivity index (χ4n) is 3.14. The molecule has 0 unspecified atom stereocenters. The number of nitrogens with zero attached hydrogens (tertiary/aromatic N) is 2. The van der Waals surface area contributed by atoms with Gasteiger partial charge in [0.25, 0.3) is 0 Å². The second kappa shape index (κ2) is 6.11. The molecule has 112 valence electrons. The summed E-state index contributed by atoms with van der Waals surface area (Å²) >= 11 is 1.93. The van der Waals surface area contributed by atoms with Crippen LogP contribution in [-0.4, -0.2) is 31.1 Å². The molecule has 2 aromatic carbocycles. The first-order chi connectivity index (χ1) is 10.9. The normalized spacial score (nSPS) is 16.3. The first-order valence-corrected chi connectivity index (χ1v) is 8.70. The standard InChI is InChI=1S/C19H20N2S/c1-2-7-17(8-3-1)21-12-10-20(11-13-21)15-18-14-16-6-4-5-9-19(16)22-18/h1-9,14H,10-13,15H2. The van der Waals surface area contributed by atoms with Crippen LogP contribution < -0.4 is 4.90 Å². The van der Waals surface area contributed by atoms with E-state index >= 15 is 0 Å². The third-order valence-electron chi connectivity index (χ3n) is 4.35. The lowest BCUT2D eigenvalue weighted by Crippen LogP contribution is -2.45. The third-order valence-corrected chi connectivity index (χ3v) is 5.45. The molecule has 1 aliphatic rings. The van der Waals surface area contributed by atoms with Crippen molar-refractivity contribution in [2.24, 2.45) is 0 Å². The summed E-state index contributed by atoms with van der Waals surface area (Å²) in [5.74, 6) is 0. The zero-order valence-electron chi connectivity index (χ0n) is 12.6. The van der Waals surface area contributed by atoms with Gasteiger partial charge in [0.15, 0.2) is 0 Å². The summed E-state index contributed by atoms with van der Waals surface area (Å²) in [5.41, 5.74) is 1.35. The van der Waals surface area contributed by atoms with E-state index in [0.29, 0.717) is 0 Å². The summed E-state index contributed by atoms with van der Waals surface area (Å²) < 4.78 is 1.40. The van der Waals surface area contributed by atoms with Crippen molar-refractivity contribution in [3.8, 4) is 0 Å². The molecule has 0 aliphatic carbocycles. The molecule has 0 atom stereocenters. The largest absolute Gasteiger partial charge is 0.369 e. The van der Waals surface area contributed by atoms with Crippen LogP contribution in [0.3, 0.4) is 0 Å². The molecule has 2 heterocycles. The number of fused-ring (bicyclic) bond motifs is 1. The van der Waals surface area contributed by atoms with Crippen LogP contribution in [0.5, 0.6) is 0 Å². The van der Waals surface area contributed by atoms with Crippen molar-refractivity contribution in [1.29, 1.82) is 0 Å². The number of benzene rings is 2. The summed E-state index contributed by atoms with van der Waals surface area (Å²) in [5, 5.41) is 1.38. The number of thiophene rings is 1. The van der Waals surface area contributed by atoms with Crippen LogP contribution in [-0.2, 0) is 6.54 Å². The number of anilines is 1. The van der Waals surface area contributed by atoms with Gasteiger partial charge >= 0.3 is 0 Å². The molecule has 0 saturated carbocycles. The maximum Gasteiger partial charge on any atom is 0.0367 e. The molecule has 0 bridgehead atoms. The molecule has 2 nitrogen and oxygen atoms in total. The fraction of sp³-hybridized carbons (Fsp3) is 0.263. The minimum Gasteiger partial charge on any atom is -0.369 e. The Bertz CT molecular complexity index is 709. The lowest BCUT2D eigenvalue weighted by Gasteiger charge is -2.35. The zero-order chi connectivity index (χ0) is 14.8. The van der Waals surface area contributed by atoms with Crippen LogP contribution in [0.25, 0.3) is 10.1 Å². The predicted octanol–water partition coefficient (Wildman–Crippen LogP) is 4.22. The van der Waals surface area contributed by atoms with Gasteiger partial charge in [-0.2, -0.15) is 0 Å². The Labute approximate surface area is 135 Å². The maximum atomic E-state index is 2.57. The Hall–Kier alpha value is -1.84. The lowest BCUT2D eigenvalue weighted by atomic mass is 10.2. The smallest absolute Gasteiger partial charge is 0.0367 e. The Balaban J connectivity index is 1.39. The van der Waals surface area contributed by atoms with Gasteiger partial charge in [-0.1, -0.05) is 36.4 Å². The SMILES string of the molecule is c1ccc(N2CCN(Cc3cc4ccccc4s3)CC2)cc1. The number of hydrogen-bond donors (Lipinski definition) is 0. The molecule has 0 N–H and O–H groups in total. The van der Waals surface area contributed by atoms with Crippen molar-refractivity contribution >= 4 is 27.1 Å². The molecule has 3 heteroatoms. The van der Waals surface area contributed by atoms with Crippen molar-refractivity contribution in [2.45, 2.75) is 6.54 Å². The summed E-state index contributed by atoms with van der Waals surface area (Å²) in [6.07, 6.45) is 0. The molecule has 4 rings (SSSR count). The predicted molar refractivity (Wildman–Crippen MR) is 95.8 cm³/mol. The molecule has 1 aliphatic heterocycles. The van der Waals surface area contributed by atoms with Gasteiger partial charge in [-0.3, -0.25) is 4.90 Å². The Morgan fingerprint density at radius 2 is 1.55 bits per heavy atom. The van der Waals surface area contributed by atoms with Gasteiger partial charge in [0.2, 0.25) is 0 Å². The van der Waals surface area contributed by atoms with E-state index in [0.717, 1.165) is 32.7 Å². The van der Waals surface area contributed by atoms with Crippen LogP contribution in [0.1, 0.15) is 4.88 Å². The monoisotopic (exact) mass is 308 g/mol. The number of piperazine rings is 1. The second-order valence-corrected chi connectivity index (χ2v) is 7.02. The van der Waals surface area contributed by atoms with E-state index in [4.69, 9.17) is 0 Å². The molecule has 0 amide bonds. The molecule has 3 aromatic rings. The van der Waals surface area contributed by atoms with E-state index in [2.05, 4.69) is 70.5 Å². The second-order valence-electron chi connectivity index (χ2n) is 5.85. The van der Waals surface area contributed by atoms with E-state index < -0.39 is 0 Å². The van der Waals surface area contributed by atoms with Crippen molar-refractivity contribution in [3.63, 3.8) is 0 Å².